The molecule has 24 heavy (non-hydrogen) atoms. The fourth-order valence-electron chi connectivity index (χ4n) is 2.53. The van der Waals surface area contributed by atoms with Gasteiger partial charge in [-0.1, -0.05) is 30.3 Å². The van der Waals surface area contributed by atoms with Crippen LogP contribution in [0.4, 0.5) is 0 Å². The summed E-state index contributed by atoms with van der Waals surface area (Å²) in [5, 5.41) is 20.9. The van der Waals surface area contributed by atoms with Crippen molar-refractivity contribution >= 4 is 16.8 Å². The highest BCUT2D eigenvalue weighted by Crippen LogP contribution is 2.18. The number of aliphatic hydroxyl groups excluding tert-OH is 1. The molecule has 3 rings (SSSR count). The van der Waals surface area contributed by atoms with Crippen molar-refractivity contribution in [2.45, 2.75) is 12.5 Å². The Morgan fingerprint density at radius 3 is 2.75 bits per heavy atom. The number of hydrogen-bond donors (Lipinski definition) is 3. The molecule has 0 aliphatic heterocycles. The Balaban J connectivity index is 1.56. The third kappa shape index (κ3) is 3.55. The lowest BCUT2D eigenvalue weighted by atomic mass is 10.1. The molecule has 0 aliphatic rings. The predicted molar refractivity (Wildman–Crippen MR) is 90.8 cm³/mol. The van der Waals surface area contributed by atoms with Crippen molar-refractivity contribution in [2.75, 3.05) is 13.7 Å². The number of nitrogens with zero attached hydrogens (tertiary/aromatic N) is 1. The molecule has 1 unspecified atom stereocenters. The molecule has 2 aromatic carbocycles. The Kier molecular flexibility index (Phi) is 4.77. The zero-order valence-corrected chi connectivity index (χ0v) is 13.3. The highest BCUT2D eigenvalue weighted by molar-refractivity contribution is 5.87. The van der Waals surface area contributed by atoms with Crippen LogP contribution in [0.5, 0.6) is 5.75 Å². The fourth-order valence-corrected chi connectivity index (χ4v) is 2.53. The molecular weight excluding hydrogens is 306 g/mol. The van der Waals surface area contributed by atoms with E-state index in [4.69, 9.17) is 4.74 Å². The number of para-hydroxylation sites is 1. The first-order valence-corrected chi connectivity index (χ1v) is 7.68. The summed E-state index contributed by atoms with van der Waals surface area (Å²) >= 11 is 0. The summed E-state index contributed by atoms with van der Waals surface area (Å²) in [5.41, 5.74) is 2.32. The number of rotatable bonds is 6. The van der Waals surface area contributed by atoms with Crippen LogP contribution in [-0.4, -0.2) is 34.9 Å². The lowest BCUT2D eigenvalue weighted by Crippen LogP contribution is -2.29. The molecule has 6 heteroatoms. The van der Waals surface area contributed by atoms with Gasteiger partial charge in [-0.25, -0.2) is 0 Å². The molecule has 124 valence electrons. The molecule has 0 radical (unpaired) electrons. The molecule has 3 aromatic rings. The highest BCUT2D eigenvalue weighted by Gasteiger charge is 2.12. The van der Waals surface area contributed by atoms with E-state index >= 15 is 0 Å². The topological polar surface area (TPSA) is 87.2 Å². The number of carbonyl (C=O) groups excluding carboxylic acids is 1. The van der Waals surface area contributed by atoms with Gasteiger partial charge in [-0.2, -0.15) is 5.10 Å². The number of nitrogens with one attached hydrogen (secondary N) is 2. The zero-order chi connectivity index (χ0) is 16.9. The van der Waals surface area contributed by atoms with Gasteiger partial charge in [0.05, 0.1) is 30.8 Å². The summed E-state index contributed by atoms with van der Waals surface area (Å²) in [5.74, 6) is 0.554. The summed E-state index contributed by atoms with van der Waals surface area (Å²) in [4.78, 5) is 12.1. The van der Waals surface area contributed by atoms with Crippen LogP contribution in [0, 0.1) is 0 Å². The van der Waals surface area contributed by atoms with Crippen molar-refractivity contribution in [2.24, 2.45) is 0 Å². The van der Waals surface area contributed by atoms with Crippen molar-refractivity contribution < 1.29 is 14.6 Å². The number of amides is 1. The first kappa shape index (κ1) is 16.0. The summed E-state index contributed by atoms with van der Waals surface area (Å²) in [7, 11) is 1.59. The lowest BCUT2D eigenvalue weighted by Gasteiger charge is -2.12. The van der Waals surface area contributed by atoms with Crippen LogP contribution in [0.25, 0.3) is 10.9 Å². The number of aromatic amines is 1. The molecule has 0 spiro atoms. The van der Waals surface area contributed by atoms with E-state index in [1.54, 1.807) is 31.4 Å². The van der Waals surface area contributed by atoms with Gasteiger partial charge in [-0.05, 0) is 23.8 Å². The van der Waals surface area contributed by atoms with E-state index in [2.05, 4.69) is 15.5 Å². The number of ether oxygens (including phenoxy) is 1. The van der Waals surface area contributed by atoms with Crippen LogP contribution in [0.3, 0.4) is 0 Å². The first-order valence-electron chi connectivity index (χ1n) is 7.68. The predicted octanol–water partition coefficient (Wildman–Crippen LogP) is 1.96. The largest absolute Gasteiger partial charge is 0.497 e. The van der Waals surface area contributed by atoms with Gasteiger partial charge in [0, 0.05) is 11.9 Å². The number of carbonyl (C=O) groups is 1. The van der Waals surface area contributed by atoms with Crippen LogP contribution in [-0.2, 0) is 11.2 Å². The van der Waals surface area contributed by atoms with Gasteiger partial charge in [0.25, 0.3) is 0 Å². The molecular formula is C18H19N3O3. The Bertz CT molecular complexity index is 827. The third-order valence-electron chi connectivity index (χ3n) is 3.87. The average Bonchev–Trinajstić information content (AvgIpc) is 3.03. The number of aliphatic hydroxyl groups is 1. The minimum atomic E-state index is -0.765. The molecule has 3 N–H and O–H groups in total. The lowest BCUT2D eigenvalue weighted by molar-refractivity contribution is -0.120. The second kappa shape index (κ2) is 7.14. The van der Waals surface area contributed by atoms with Crippen LogP contribution >= 0.6 is 0 Å². The first-order chi connectivity index (χ1) is 11.7. The molecule has 1 heterocycles. The summed E-state index contributed by atoms with van der Waals surface area (Å²) in [6.45, 7) is 0.150. The monoisotopic (exact) mass is 325 g/mol. The van der Waals surface area contributed by atoms with E-state index in [0.717, 1.165) is 27.9 Å². The molecule has 1 amide bonds. The SMILES string of the molecule is COc1ccc(C(O)CNC(=O)Cc2[nH]nc3ccccc23)cc1. The van der Waals surface area contributed by atoms with Gasteiger partial charge < -0.3 is 15.2 Å². The van der Waals surface area contributed by atoms with E-state index in [0.29, 0.717) is 0 Å². The third-order valence-corrected chi connectivity index (χ3v) is 3.87. The summed E-state index contributed by atoms with van der Waals surface area (Å²) < 4.78 is 5.08. The molecule has 1 atom stereocenters. The van der Waals surface area contributed by atoms with Crippen LogP contribution < -0.4 is 10.1 Å². The van der Waals surface area contributed by atoms with E-state index in [1.807, 2.05) is 24.3 Å². The molecule has 0 bridgehead atoms. The molecule has 0 aliphatic carbocycles. The maximum absolute atomic E-state index is 12.1. The van der Waals surface area contributed by atoms with Crippen LogP contribution in [0.2, 0.25) is 0 Å². The molecule has 1 aromatic heterocycles. The summed E-state index contributed by atoms with van der Waals surface area (Å²) in [6, 6.07) is 14.7. The maximum atomic E-state index is 12.1. The molecule has 0 fully saturated rings. The standard InChI is InChI=1S/C18H19N3O3/c1-24-13-8-6-12(7-9-13)17(22)11-19-18(23)10-16-14-4-2-3-5-15(14)20-21-16/h2-9,17,22H,10-11H2,1H3,(H,19,23)(H,20,21). The van der Waals surface area contributed by atoms with Gasteiger partial charge in [-0.15, -0.1) is 0 Å². The van der Waals surface area contributed by atoms with E-state index in [-0.39, 0.29) is 18.9 Å². The van der Waals surface area contributed by atoms with Crippen molar-refractivity contribution in [3.8, 4) is 5.75 Å². The molecule has 0 saturated heterocycles. The Hall–Kier alpha value is -2.86. The Morgan fingerprint density at radius 2 is 2.00 bits per heavy atom. The highest BCUT2D eigenvalue weighted by atomic mass is 16.5. The van der Waals surface area contributed by atoms with E-state index < -0.39 is 6.10 Å². The van der Waals surface area contributed by atoms with E-state index in [9.17, 15) is 9.90 Å². The Labute approximate surface area is 139 Å². The molecule has 0 saturated carbocycles. The molecule has 6 nitrogen and oxygen atoms in total. The van der Waals surface area contributed by atoms with Crippen LogP contribution in [0.1, 0.15) is 17.4 Å². The normalized spacial score (nSPS) is 12.1. The fraction of sp³-hybridized carbons (Fsp3) is 0.222. The van der Waals surface area contributed by atoms with Gasteiger partial charge in [0.2, 0.25) is 5.91 Å². The average molecular weight is 325 g/mol. The van der Waals surface area contributed by atoms with Crippen molar-refractivity contribution in [3.63, 3.8) is 0 Å². The van der Waals surface area contributed by atoms with Gasteiger partial charge in [-0.3, -0.25) is 9.89 Å². The number of fused-ring (bicyclic) bond motifs is 1. The Morgan fingerprint density at radius 1 is 1.25 bits per heavy atom. The van der Waals surface area contributed by atoms with Crippen molar-refractivity contribution in [1.29, 1.82) is 0 Å². The smallest absolute Gasteiger partial charge is 0.226 e. The second-order valence-electron chi connectivity index (χ2n) is 5.49. The number of hydrogen-bond acceptors (Lipinski definition) is 4. The van der Waals surface area contributed by atoms with Crippen LogP contribution in [0.15, 0.2) is 48.5 Å². The minimum absolute atomic E-state index is 0.150. The van der Waals surface area contributed by atoms with Crippen molar-refractivity contribution in [1.82, 2.24) is 15.5 Å². The van der Waals surface area contributed by atoms with Gasteiger partial charge in [0.15, 0.2) is 0 Å². The number of aromatic nitrogens is 2. The zero-order valence-electron chi connectivity index (χ0n) is 13.3. The summed E-state index contributed by atoms with van der Waals surface area (Å²) in [6.07, 6.45) is -0.575. The number of benzene rings is 2. The number of methoxy groups -OCH3 is 1. The number of H-pyrrole nitrogens is 1. The van der Waals surface area contributed by atoms with E-state index in [1.165, 1.54) is 0 Å². The van der Waals surface area contributed by atoms with Gasteiger partial charge in [0.1, 0.15) is 5.75 Å². The second-order valence-corrected chi connectivity index (χ2v) is 5.49. The quantitative estimate of drug-likeness (QED) is 0.646. The van der Waals surface area contributed by atoms with Crippen molar-refractivity contribution in [3.05, 3.63) is 59.8 Å². The van der Waals surface area contributed by atoms with Gasteiger partial charge >= 0.3 is 0 Å². The minimum Gasteiger partial charge on any atom is -0.497 e. The maximum Gasteiger partial charge on any atom is 0.226 e.